The van der Waals surface area contributed by atoms with Gasteiger partial charge in [-0.3, -0.25) is 14.4 Å². The van der Waals surface area contributed by atoms with Gasteiger partial charge in [-0.1, -0.05) is 125 Å². The first kappa shape index (κ1) is 47.7. The zero-order valence-corrected chi connectivity index (χ0v) is 35.8. The van der Waals surface area contributed by atoms with Gasteiger partial charge in [-0.05, 0) is 52.8 Å². The lowest BCUT2D eigenvalue weighted by Gasteiger charge is -2.24. The molecule has 0 radical (unpaired) electrons. The van der Waals surface area contributed by atoms with Crippen molar-refractivity contribution in [2.75, 3.05) is 33.5 Å². The Morgan fingerprint density at radius 1 is 0.613 bits per heavy atom. The Morgan fingerprint density at radius 2 is 1.03 bits per heavy atom. The largest absolute Gasteiger partial charge is 0.497 e. The lowest BCUT2D eigenvalue weighted by molar-refractivity contribution is -0.153. The van der Waals surface area contributed by atoms with Crippen LogP contribution in [0.1, 0.15) is 81.2 Å². The summed E-state index contributed by atoms with van der Waals surface area (Å²) in [7, 11) is 1.55. The van der Waals surface area contributed by atoms with Crippen LogP contribution in [0, 0.1) is 28.7 Å². The topological polar surface area (TPSA) is 163 Å². The Hall–Kier alpha value is -7.02. The van der Waals surface area contributed by atoms with E-state index >= 15 is 0 Å². The quantitative estimate of drug-likeness (QED) is 0.0213. The van der Waals surface area contributed by atoms with E-state index in [1.54, 1.807) is 108 Å². The van der Waals surface area contributed by atoms with E-state index in [9.17, 15) is 29.5 Å². The number of methoxy groups -OCH3 is 1. The summed E-state index contributed by atoms with van der Waals surface area (Å²) in [6, 6.07) is 34.0. The molecule has 12 heteroatoms. The average Bonchev–Trinajstić information content (AvgIpc) is 3.29. The first-order chi connectivity index (χ1) is 29.7. The van der Waals surface area contributed by atoms with Crippen LogP contribution in [0.15, 0.2) is 120 Å². The van der Waals surface area contributed by atoms with Crippen LogP contribution in [-0.4, -0.2) is 62.5 Å². The van der Waals surface area contributed by atoms with Gasteiger partial charge in [0.2, 0.25) is 0 Å². The zero-order valence-electron chi connectivity index (χ0n) is 35.8. The lowest BCUT2D eigenvalue weighted by atomic mass is 9.92. The second kappa shape index (κ2) is 23.1. The summed E-state index contributed by atoms with van der Waals surface area (Å²) < 4.78 is 27.4. The highest BCUT2D eigenvalue weighted by molar-refractivity contribution is 6.05. The second-order valence-corrected chi connectivity index (χ2v) is 16.0. The Bertz CT molecular complexity index is 2130. The lowest BCUT2D eigenvalue weighted by Crippen LogP contribution is -2.29. The third-order valence-electron chi connectivity index (χ3n) is 9.48. The molecule has 0 spiro atoms. The number of ether oxygens (including phenoxy) is 5. The smallest absolute Gasteiger partial charge is 0.349 e. The van der Waals surface area contributed by atoms with Gasteiger partial charge in [-0.15, -0.1) is 0 Å². The molecule has 0 unspecified atom stereocenters. The molecule has 0 heterocycles. The summed E-state index contributed by atoms with van der Waals surface area (Å²) in [5, 5.41) is 19.5. The maximum Gasteiger partial charge on any atom is 0.349 e. The maximum absolute atomic E-state index is 13.3. The molecule has 322 valence electrons. The maximum atomic E-state index is 13.3. The number of hydrogen-bond acceptors (Lipinski definition) is 11. The number of benzene rings is 4. The van der Waals surface area contributed by atoms with E-state index in [-0.39, 0.29) is 57.1 Å². The van der Waals surface area contributed by atoms with E-state index in [0.717, 1.165) is 0 Å². The number of carbonyl (C=O) groups excluding carboxylic acids is 4. The van der Waals surface area contributed by atoms with Crippen molar-refractivity contribution in [3.05, 3.63) is 160 Å². The van der Waals surface area contributed by atoms with Gasteiger partial charge in [0.1, 0.15) is 24.0 Å². The van der Waals surface area contributed by atoms with Gasteiger partial charge in [-0.25, -0.2) is 9.64 Å². The van der Waals surface area contributed by atoms with E-state index in [1.165, 1.54) is 0 Å². The molecule has 0 fully saturated rings. The SMILES string of the molecule is [C-]#[N+]C(C(=O)OCC(C)(C)COC(=O)CCCCC(=O)OCC(C)(C)COC(=O)C(C#N)=C(c1ccccc1)c1ccc(CO)cc1)=C(c1ccccc1)c1ccc(OC)cc1. The molecule has 4 aromatic rings. The number of rotatable bonds is 21. The van der Waals surface area contributed by atoms with Crippen LogP contribution in [0.4, 0.5) is 0 Å². The standard InChI is InChI=1S/C50H52N2O10/c1-49(2,33-61-47(56)41(29-51)44(36-15-9-7-10-16-36)38-23-21-35(30-53)22-24-38)31-59-42(54)19-13-14-20-43(55)60-32-50(3,4)34-62-48(57)46(52-5)45(37-17-11-8-12-18-37)39-25-27-40(58-6)28-26-39/h7-12,15-18,21-28,53H,13-14,19-20,30-34H2,1-4,6H3. The van der Waals surface area contributed by atoms with E-state index in [0.29, 0.717) is 57.6 Å². The van der Waals surface area contributed by atoms with Gasteiger partial charge in [-0.2, -0.15) is 5.26 Å². The summed E-state index contributed by atoms with van der Waals surface area (Å²) in [6.07, 6.45) is 0.849. The highest BCUT2D eigenvalue weighted by Gasteiger charge is 2.28. The highest BCUT2D eigenvalue weighted by Crippen LogP contribution is 2.31. The molecular weight excluding hydrogens is 789 g/mol. The van der Waals surface area contributed by atoms with Crippen LogP contribution < -0.4 is 4.74 Å². The van der Waals surface area contributed by atoms with Crippen LogP contribution in [0.5, 0.6) is 5.75 Å². The minimum Gasteiger partial charge on any atom is -0.497 e. The van der Waals surface area contributed by atoms with Gasteiger partial charge >= 0.3 is 23.9 Å². The third kappa shape index (κ3) is 14.3. The molecule has 1 N–H and O–H groups in total. The van der Waals surface area contributed by atoms with Crippen LogP contribution in [-0.2, 0) is 44.7 Å². The number of nitrogens with zero attached hydrogens (tertiary/aromatic N) is 2. The van der Waals surface area contributed by atoms with Crippen LogP contribution in [0.25, 0.3) is 16.0 Å². The molecule has 4 rings (SSSR count). The first-order valence-corrected chi connectivity index (χ1v) is 20.1. The van der Waals surface area contributed by atoms with Crippen molar-refractivity contribution >= 4 is 35.0 Å². The molecule has 0 aliphatic carbocycles. The summed E-state index contributed by atoms with van der Waals surface area (Å²) in [6.45, 7) is 14.4. The Labute approximate surface area is 363 Å². The van der Waals surface area contributed by atoms with Crippen LogP contribution >= 0.6 is 0 Å². The number of unbranched alkanes of at least 4 members (excludes halogenated alkanes) is 1. The van der Waals surface area contributed by atoms with Crippen molar-refractivity contribution in [2.24, 2.45) is 10.8 Å². The number of nitriles is 1. The molecule has 0 amide bonds. The van der Waals surface area contributed by atoms with Crippen molar-refractivity contribution in [2.45, 2.75) is 60.0 Å². The molecule has 0 saturated heterocycles. The fourth-order valence-corrected chi connectivity index (χ4v) is 6.03. The van der Waals surface area contributed by atoms with Crippen molar-refractivity contribution in [3.63, 3.8) is 0 Å². The van der Waals surface area contributed by atoms with E-state index < -0.39 is 34.7 Å². The molecule has 12 nitrogen and oxygen atoms in total. The summed E-state index contributed by atoms with van der Waals surface area (Å²) >= 11 is 0. The molecule has 4 aromatic carbocycles. The van der Waals surface area contributed by atoms with Crippen molar-refractivity contribution < 1.29 is 48.0 Å². The molecule has 62 heavy (non-hydrogen) atoms. The third-order valence-corrected chi connectivity index (χ3v) is 9.48. The highest BCUT2D eigenvalue weighted by atomic mass is 16.6. The monoisotopic (exact) mass is 840 g/mol. The minimum absolute atomic E-state index is 0.0428. The molecule has 0 aliphatic rings. The van der Waals surface area contributed by atoms with Crippen LogP contribution in [0.3, 0.4) is 0 Å². The summed E-state index contributed by atoms with van der Waals surface area (Å²) in [5.41, 5.74) is 2.15. The van der Waals surface area contributed by atoms with Gasteiger partial charge in [0.05, 0.1) is 40.1 Å². The van der Waals surface area contributed by atoms with E-state index in [2.05, 4.69) is 4.85 Å². The van der Waals surface area contributed by atoms with Crippen molar-refractivity contribution in [3.8, 4) is 11.8 Å². The number of esters is 4. The molecule has 0 aliphatic heterocycles. The average molecular weight is 841 g/mol. The molecule has 0 bridgehead atoms. The Kier molecular flexibility index (Phi) is 17.8. The molecule has 0 saturated carbocycles. The van der Waals surface area contributed by atoms with E-state index in [4.69, 9.17) is 30.3 Å². The number of hydrogen-bond donors (Lipinski definition) is 1. The normalized spacial score (nSPS) is 12.1. The van der Waals surface area contributed by atoms with E-state index in [1.807, 2.05) is 42.5 Å². The molecular formula is C50H52N2O10. The predicted octanol–water partition coefficient (Wildman–Crippen LogP) is 8.68. The van der Waals surface area contributed by atoms with Gasteiger partial charge in [0, 0.05) is 34.8 Å². The van der Waals surface area contributed by atoms with Gasteiger partial charge in [0.15, 0.2) is 0 Å². The number of aliphatic hydroxyl groups excluding tert-OH is 1. The number of carbonyl (C=O) groups is 4. The fourth-order valence-electron chi connectivity index (χ4n) is 6.03. The summed E-state index contributed by atoms with van der Waals surface area (Å²) in [5.74, 6) is -1.95. The van der Waals surface area contributed by atoms with Crippen molar-refractivity contribution in [1.82, 2.24) is 0 Å². The van der Waals surface area contributed by atoms with Crippen LogP contribution in [0.2, 0.25) is 0 Å². The Balaban J connectivity index is 1.21. The van der Waals surface area contributed by atoms with Crippen molar-refractivity contribution in [1.29, 1.82) is 5.26 Å². The predicted molar refractivity (Wildman–Crippen MR) is 232 cm³/mol. The van der Waals surface area contributed by atoms with Gasteiger partial charge in [0.25, 0.3) is 5.70 Å². The fraction of sp³-hybridized carbons (Fsp3) is 0.320. The first-order valence-electron chi connectivity index (χ1n) is 20.1. The second-order valence-electron chi connectivity index (χ2n) is 16.0. The van der Waals surface area contributed by atoms with Gasteiger partial charge < -0.3 is 28.8 Å². The summed E-state index contributed by atoms with van der Waals surface area (Å²) in [4.78, 5) is 55.3. The molecule has 0 aromatic heterocycles. The zero-order chi connectivity index (χ0) is 45.1. The number of aliphatic hydroxyl groups is 1. The molecule has 0 atom stereocenters. The Morgan fingerprint density at radius 3 is 1.48 bits per heavy atom. The minimum atomic E-state index is -0.821.